The molecule has 0 N–H and O–H groups in total. The highest BCUT2D eigenvalue weighted by molar-refractivity contribution is 5.50. The van der Waals surface area contributed by atoms with Gasteiger partial charge >= 0.3 is 5.65 Å². The molecule has 0 radical (unpaired) electrons. The van der Waals surface area contributed by atoms with Gasteiger partial charge in [0.1, 0.15) is 12.4 Å². The van der Waals surface area contributed by atoms with Crippen molar-refractivity contribution in [2.75, 3.05) is 0 Å². The molecule has 3 rings (SSSR count). The van der Waals surface area contributed by atoms with Crippen LogP contribution in [-0.2, 0) is 0 Å². The molecule has 0 saturated carbocycles. The van der Waals surface area contributed by atoms with Crippen LogP contribution in [0.1, 0.15) is 0 Å². The third-order valence-corrected chi connectivity index (χ3v) is 2.16. The van der Waals surface area contributed by atoms with Crippen LogP contribution >= 0.6 is 0 Å². The summed E-state index contributed by atoms with van der Waals surface area (Å²) < 4.78 is 3.96. The van der Waals surface area contributed by atoms with Crippen molar-refractivity contribution in [2.45, 2.75) is 0 Å². The third kappa shape index (κ3) is 0.839. The Balaban J connectivity index is 2.65. The van der Waals surface area contributed by atoms with Gasteiger partial charge in [0.25, 0.3) is 0 Å². The summed E-state index contributed by atoms with van der Waals surface area (Å²) in [6.45, 7) is 0. The number of rotatable bonds is 0. The maximum Gasteiger partial charge on any atom is 0.311 e. The Morgan fingerprint density at radius 3 is 3.15 bits per heavy atom. The third-order valence-electron chi connectivity index (χ3n) is 2.16. The predicted molar refractivity (Wildman–Crippen MR) is 48.4 cm³/mol. The van der Waals surface area contributed by atoms with Crippen molar-refractivity contribution in [3.8, 4) is 0 Å². The van der Waals surface area contributed by atoms with Gasteiger partial charge in [0.05, 0.1) is 6.20 Å². The van der Waals surface area contributed by atoms with E-state index in [0.29, 0.717) is 0 Å². The predicted octanol–water partition coefficient (Wildman–Crippen LogP) is 1.07. The van der Waals surface area contributed by atoms with Crippen LogP contribution in [0.3, 0.4) is 0 Å². The van der Waals surface area contributed by atoms with E-state index >= 15 is 0 Å². The second-order valence-corrected chi connectivity index (χ2v) is 2.95. The average molecular weight is 170 g/mol. The van der Waals surface area contributed by atoms with Gasteiger partial charge in [-0.05, 0) is 18.2 Å². The summed E-state index contributed by atoms with van der Waals surface area (Å²) in [5.41, 5.74) is 2.19. The molecule has 0 aliphatic carbocycles. The molecular weight excluding hydrogens is 162 g/mol. The van der Waals surface area contributed by atoms with Gasteiger partial charge < -0.3 is 0 Å². The lowest BCUT2D eigenvalue weighted by Crippen LogP contribution is -2.27. The highest BCUT2D eigenvalue weighted by Crippen LogP contribution is 2.03. The topological polar surface area (TPSA) is 21.4 Å². The summed E-state index contributed by atoms with van der Waals surface area (Å²) >= 11 is 0. The van der Waals surface area contributed by atoms with Crippen molar-refractivity contribution in [3.63, 3.8) is 0 Å². The first-order valence-electron chi connectivity index (χ1n) is 4.18. The van der Waals surface area contributed by atoms with E-state index in [4.69, 9.17) is 0 Å². The molecule has 0 atom stereocenters. The molecule has 62 valence electrons. The largest absolute Gasteiger partial charge is 0.311 e. The quantitative estimate of drug-likeness (QED) is 0.462. The van der Waals surface area contributed by atoms with Gasteiger partial charge in [0.15, 0.2) is 5.52 Å². The minimum Gasteiger partial charge on any atom is -0.196 e. The SMILES string of the molecule is c1cc[n+]2ncc3cccn3c2c1. The van der Waals surface area contributed by atoms with Gasteiger partial charge in [-0.2, -0.15) is 4.40 Å². The first-order chi connectivity index (χ1) is 6.45. The van der Waals surface area contributed by atoms with E-state index in [0.717, 1.165) is 11.2 Å². The van der Waals surface area contributed by atoms with Crippen LogP contribution in [0.25, 0.3) is 11.2 Å². The van der Waals surface area contributed by atoms with E-state index in [2.05, 4.69) is 9.50 Å². The lowest BCUT2D eigenvalue weighted by atomic mass is 10.4. The fourth-order valence-corrected chi connectivity index (χ4v) is 1.54. The number of fused-ring (bicyclic) bond motifs is 3. The fraction of sp³-hybridized carbons (Fsp3) is 0. The van der Waals surface area contributed by atoms with E-state index < -0.39 is 0 Å². The molecule has 0 unspecified atom stereocenters. The molecule has 3 nitrogen and oxygen atoms in total. The minimum atomic E-state index is 1.07. The van der Waals surface area contributed by atoms with E-state index in [9.17, 15) is 0 Å². The first-order valence-corrected chi connectivity index (χ1v) is 4.18. The van der Waals surface area contributed by atoms with Crippen LogP contribution in [0, 0.1) is 0 Å². The van der Waals surface area contributed by atoms with Gasteiger partial charge in [-0.15, -0.1) is 4.52 Å². The van der Waals surface area contributed by atoms with Gasteiger partial charge in [-0.1, -0.05) is 11.2 Å². The Bertz CT molecular complexity index is 568. The normalized spacial score (nSPS) is 11.1. The second-order valence-electron chi connectivity index (χ2n) is 2.95. The number of pyridine rings is 1. The maximum atomic E-state index is 4.28. The zero-order valence-electron chi connectivity index (χ0n) is 6.96. The Morgan fingerprint density at radius 2 is 2.15 bits per heavy atom. The van der Waals surface area contributed by atoms with Crippen molar-refractivity contribution in [1.29, 1.82) is 0 Å². The van der Waals surface area contributed by atoms with Crippen LogP contribution in [-0.4, -0.2) is 9.50 Å². The smallest absolute Gasteiger partial charge is 0.196 e. The summed E-state index contributed by atoms with van der Waals surface area (Å²) in [7, 11) is 0. The summed E-state index contributed by atoms with van der Waals surface area (Å²) in [4.78, 5) is 0. The zero-order valence-corrected chi connectivity index (χ0v) is 6.96. The second kappa shape index (κ2) is 2.29. The number of hydrogen-bond donors (Lipinski definition) is 0. The van der Waals surface area contributed by atoms with Crippen molar-refractivity contribution in [3.05, 3.63) is 48.9 Å². The number of aromatic nitrogens is 3. The summed E-state index contributed by atoms with van der Waals surface area (Å²) in [6.07, 6.45) is 5.83. The first kappa shape index (κ1) is 6.60. The van der Waals surface area contributed by atoms with Crippen LogP contribution in [0.4, 0.5) is 0 Å². The molecular formula is C10H8N3+. The molecule has 0 saturated heterocycles. The molecule has 0 bridgehead atoms. The Hall–Kier alpha value is -1.90. The molecule has 0 aliphatic heterocycles. The average Bonchev–Trinajstić information content (AvgIpc) is 2.65. The van der Waals surface area contributed by atoms with Gasteiger partial charge in [0.2, 0.25) is 0 Å². The summed E-state index contributed by atoms with van der Waals surface area (Å²) in [5.74, 6) is 0. The van der Waals surface area contributed by atoms with Crippen molar-refractivity contribution >= 4 is 11.2 Å². The highest BCUT2D eigenvalue weighted by Gasteiger charge is 2.05. The molecule has 3 aromatic rings. The van der Waals surface area contributed by atoms with Gasteiger partial charge in [-0.25, -0.2) is 0 Å². The van der Waals surface area contributed by atoms with E-state index in [1.54, 1.807) is 0 Å². The maximum absolute atomic E-state index is 4.28. The van der Waals surface area contributed by atoms with Crippen LogP contribution in [0.5, 0.6) is 0 Å². The monoisotopic (exact) mass is 170 g/mol. The van der Waals surface area contributed by atoms with E-state index in [-0.39, 0.29) is 0 Å². The summed E-state index contributed by atoms with van der Waals surface area (Å²) in [5, 5.41) is 4.28. The van der Waals surface area contributed by atoms with Gasteiger partial charge in [0, 0.05) is 6.07 Å². The van der Waals surface area contributed by atoms with E-state index in [1.165, 1.54) is 0 Å². The standard InChI is InChI=1S/C10H8N3/c1-2-7-13-10(5-1)12-6-3-4-9(12)8-11-13/h1-8H/q+1. The molecule has 0 aliphatic rings. The molecule has 0 spiro atoms. The molecule has 0 aromatic carbocycles. The van der Waals surface area contributed by atoms with Crippen molar-refractivity contribution in [1.82, 2.24) is 9.50 Å². The molecule has 13 heavy (non-hydrogen) atoms. The van der Waals surface area contributed by atoms with Crippen LogP contribution in [0.2, 0.25) is 0 Å². The number of hydrogen-bond acceptors (Lipinski definition) is 1. The lowest BCUT2D eigenvalue weighted by molar-refractivity contribution is -0.583. The van der Waals surface area contributed by atoms with Crippen molar-refractivity contribution in [2.24, 2.45) is 0 Å². The Labute approximate surface area is 74.9 Å². The fourth-order valence-electron chi connectivity index (χ4n) is 1.54. The molecule has 0 amide bonds. The Kier molecular flexibility index (Phi) is 1.16. The van der Waals surface area contributed by atoms with Crippen LogP contribution < -0.4 is 4.52 Å². The zero-order chi connectivity index (χ0) is 8.67. The molecule has 0 fully saturated rings. The number of nitrogens with zero attached hydrogens (tertiary/aromatic N) is 3. The lowest BCUT2D eigenvalue weighted by Gasteiger charge is -1.92. The summed E-state index contributed by atoms with van der Waals surface area (Å²) in [6, 6.07) is 10.1. The molecule has 3 heteroatoms. The van der Waals surface area contributed by atoms with Crippen LogP contribution in [0.15, 0.2) is 48.9 Å². The van der Waals surface area contributed by atoms with Crippen molar-refractivity contribution < 1.29 is 4.52 Å². The molecule has 3 aromatic heterocycles. The highest BCUT2D eigenvalue weighted by atomic mass is 15.2. The van der Waals surface area contributed by atoms with Gasteiger partial charge in [-0.3, -0.25) is 0 Å². The Morgan fingerprint density at radius 1 is 1.15 bits per heavy atom. The van der Waals surface area contributed by atoms with E-state index in [1.807, 2.05) is 53.4 Å². The molecule has 3 heterocycles. The minimum absolute atomic E-state index is 1.07.